The predicted octanol–water partition coefficient (Wildman–Crippen LogP) is 2.08. The fraction of sp³-hybridized carbons (Fsp3) is 0.769. The van der Waals surface area contributed by atoms with E-state index in [-0.39, 0.29) is 11.6 Å². The maximum atomic E-state index is 5.85. The SMILES string of the molecule is CC(N)c1csc(N2CCN(C(C)(C)C)CC2)n1. The second kappa shape index (κ2) is 5.15. The second-order valence-corrected chi connectivity index (χ2v) is 6.83. The summed E-state index contributed by atoms with van der Waals surface area (Å²) in [7, 11) is 0. The van der Waals surface area contributed by atoms with Crippen LogP contribution in [-0.4, -0.2) is 41.6 Å². The molecule has 1 atom stereocenters. The van der Waals surface area contributed by atoms with Gasteiger partial charge >= 0.3 is 0 Å². The Morgan fingerprint density at radius 3 is 2.33 bits per heavy atom. The van der Waals surface area contributed by atoms with E-state index in [1.54, 1.807) is 11.3 Å². The molecule has 0 radical (unpaired) electrons. The molecule has 4 nitrogen and oxygen atoms in total. The van der Waals surface area contributed by atoms with Gasteiger partial charge in [-0.2, -0.15) is 0 Å². The molecule has 2 heterocycles. The lowest BCUT2D eigenvalue weighted by Gasteiger charge is -2.42. The fourth-order valence-electron chi connectivity index (χ4n) is 2.20. The summed E-state index contributed by atoms with van der Waals surface area (Å²) in [5.41, 5.74) is 7.13. The Morgan fingerprint density at radius 2 is 1.89 bits per heavy atom. The molecule has 2 rings (SSSR count). The maximum Gasteiger partial charge on any atom is 0.185 e. The minimum atomic E-state index is 0.0332. The third-order valence-electron chi connectivity index (χ3n) is 3.48. The summed E-state index contributed by atoms with van der Waals surface area (Å²) in [4.78, 5) is 9.53. The Balaban J connectivity index is 1.97. The van der Waals surface area contributed by atoms with E-state index in [4.69, 9.17) is 5.73 Å². The van der Waals surface area contributed by atoms with Crippen molar-refractivity contribution < 1.29 is 0 Å². The molecule has 5 heteroatoms. The van der Waals surface area contributed by atoms with Crippen molar-refractivity contribution in [1.29, 1.82) is 0 Å². The standard InChI is InChI=1S/C13H24N4S/c1-10(14)11-9-18-12(15-11)16-5-7-17(8-6-16)13(2,3)4/h9-10H,5-8,14H2,1-4H3. The lowest BCUT2D eigenvalue weighted by molar-refractivity contribution is 0.128. The molecule has 18 heavy (non-hydrogen) atoms. The number of hydrogen-bond acceptors (Lipinski definition) is 5. The average Bonchev–Trinajstić information content (AvgIpc) is 2.77. The van der Waals surface area contributed by atoms with Crippen LogP contribution in [0.15, 0.2) is 5.38 Å². The molecule has 0 saturated carbocycles. The monoisotopic (exact) mass is 268 g/mol. The van der Waals surface area contributed by atoms with Crippen LogP contribution in [0.5, 0.6) is 0 Å². The van der Waals surface area contributed by atoms with Crippen molar-refractivity contribution in [2.75, 3.05) is 31.1 Å². The number of hydrogen-bond donors (Lipinski definition) is 1. The number of nitrogens with two attached hydrogens (primary N) is 1. The largest absolute Gasteiger partial charge is 0.346 e. The zero-order chi connectivity index (χ0) is 13.3. The van der Waals surface area contributed by atoms with Crippen molar-refractivity contribution in [3.63, 3.8) is 0 Å². The molecule has 0 aliphatic carbocycles. The Bertz CT molecular complexity index is 386. The van der Waals surface area contributed by atoms with E-state index in [1.807, 2.05) is 6.92 Å². The van der Waals surface area contributed by atoms with Crippen molar-refractivity contribution >= 4 is 16.5 Å². The summed E-state index contributed by atoms with van der Waals surface area (Å²) in [6, 6.07) is 0.0332. The Kier molecular flexibility index (Phi) is 3.94. The first kappa shape index (κ1) is 13.8. The summed E-state index contributed by atoms with van der Waals surface area (Å²) in [5, 5.41) is 3.20. The lowest BCUT2D eigenvalue weighted by Crippen LogP contribution is -2.53. The van der Waals surface area contributed by atoms with E-state index in [9.17, 15) is 0 Å². The molecule has 1 aliphatic heterocycles. The van der Waals surface area contributed by atoms with E-state index in [1.165, 1.54) is 0 Å². The highest BCUT2D eigenvalue weighted by atomic mass is 32.1. The second-order valence-electron chi connectivity index (χ2n) is 5.99. The van der Waals surface area contributed by atoms with Gasteiger partial charge in [-0.05, 0) is 27.7 Å². The lowest BCUT2D eigenvalue weighted by atomic mass is 10.1. The van der Waals surface area contributed by atoms with Crippen LogP contribution in [0.25, 0.3) is 0 Å². The van der Waals surface area contributed by atoms with Crippen molar-refractivity contribution in [3.05, 3.63) is 11.1 Å². The topological polar surface area (TPSA) is 45.4 Å². The van der Waals surface area contributed by atoms with Crippen LogP contribution in [0.3, 0.4) is 0 Å². The molecule has 1 aromatic rings. The Morgan fingerprint density at radius 1 is 1.28 bits per heavy atom. The van der Waals surface area contributed by atoms with E-state index < -0.39 is 0 Å². The van der Waals surface area contributed by atoms with Crippen LogP contribution in [0, 0.1) is 0 Å². The van der Waals surface area contributed by atoms with Gasteiger partial charge in [0.25, 0.3) is 0 Å². The highest BCUT2D eigenvalue weighted by Gasteiger charge is 2.26. The van der Waals surface area contributed by atoms with Gasteiger partial charge in [-0.1, -0.05) is 0 Å². The Hall–Kier alpha value is -0.650. The van der Waals surface area contributed by atoms with E-state index >= 15 is 0 Å². The summed E-state index contributed by atoms with van der Waals surface area (Å²) >= 11 is 1.71. The molecule has 0 spiro atoms. The number of nitrogens with zero attached hydrogens (tertiary/aromatic N) is 3. The van der Waals surface area contributed by atoms with Gasteiger partial charge in [0.15, 0.2) is 5.13 Å². The van der Waals surface area contributed by atoms with E-state index in [0.717, 1.165) is 37.0 Å². The summed E-state index contributed by atoms with van der Waals surface area (Å²) in [6.45, 7) is 13.1. The van der Waals surface area contributed by atoms with Crippen LogP contribution in [0.1, 0.15) is 39.4 Å². The van der Waals surface area contributed by atoms with Crippen LogP contribution in [0.4, 0.5) is 5.13 Å². The molecular weight excluding hydrogens is 244 g/mol. The van der Waals surface area contributed by atoms with Crippen molar-refractivity contribution in [1.82, 2.24) is 9.88 Å². The number of thiazole rings is 1. The van der Waals surface area contributed by atoms with Gasteiger partial charge in [0.1, 0.15) is 0 Å². The molecule has 1 saturated heterocycles. The molecule has 1 aliphatic rings. The van der Waals surface area contributed by atoms with Gasteiger partial charge in [-0.15, -0.1) is 11.3 Å². The van der Waals surface area contributed by atoms with Crippen molar-refractivity contribution in [2.24, 2.45) is 5.73 Å². The highest BCUT2D eigenvalue weighted by Crippen LogP contribution is 2.25. The van der Waals surface area contributed by atoms with Gasteiger partial charge < -0.3 is 10.6 Å². The third kappa shape index (κ3) is 3.02. The molecule has 0 bridgehead atoms. The van der Waals surface area contributed by atoms with Crippen molar-refractivity contribution in [3.8, 4) is 0 Å². The number of aromatic nitrogens is 1. The van der Waals surface area contributed by atoms with Gasteiger partial charge in [-0.3, -0.25) is 4.90 Å². The number of rotatable bonds is 2. The average molecular weight is 268 g/mol. The van der Waals surface area contributed by atoms with Crippen LogP contribution in [0.2, 0.25) is 0 Å². The maximum absolute atomic E-state index is 5.85. The van der Waals surface area contributed by atoms with Gasteiger partial charge in [-0.25, -0.2) is 4.98 Å². The molecule has 0 amide bonds. The number of anilines is 1. The minimum absolute atomic E-state index is 0.0332. The Labute approximate surface area is 114 Å². The molecule has 1 aromatic heterocycles. The number of piperazine rings is 1. The summed E-state index contributed by atoms with van der Waals surface area (Å²) < 4.78 is 0. The molecular formula is C13H24N4S. The summed E-state index contributed by atoms with van der Waals surface area (Å²) in [5.74, 6) is 0. The van der Waals surface area contributed by atoms with Crippen LogP contribution < -0.4 is 10.6 Å². The van der Waals surface area contributed by atoms with Gasteiger partial charge in [0, 0.05) is 43.1 Å². The van der Waals surface area contributed by atoms with E-state index in [2.05, 4.69) is 40.9 Å². The first-order valence-electron chi connectivity index (χ1n) is 6.59. The van der Waals surface area contributed by atoms with E-state index in [0.29, 0.717) is 0 Å². The zero-order valence-corrected chi connectivity index (χ0v) is 12.6. The summed E-state index contributed by atoms with van der Waals surface area (Å²) in [6.07, 6.45) is 0. The van der Waals surface area contributed by atoms with Crippen molar-refractivity contribution in [2.45, 2.75) is 39.3 Å². The third-order valence-corrected chi connectivity index (χ3v) is 4.39. The van der Waals surface area contributed by atoms with Crippen LogP contribution in [-0.2, 0) is 0 Å². The predicted molar refractivity (Wildman–Crippen MR) is 78.3 cm³/mol. The molecule has 1 unspecified atom stereocenters. The van der Waals surface area contributed by atoms with Gasteiger partial charge in [0.05, 0.1) is 5.69 Å². The fourth-order valence-corrected chi connectivity index (χ4v) is 3.18. The zero-order valence-electron chi connectivity index (χ0n) is 11.8. The molecule has 0 aromatic carbocycles. The van der Waals surface area contributed by atoms with Gasteiger partial charge in [0.2, 0.25) is 0 Å². The molecule has 102 valence electrons. The smallest absolute Gasteiger partial charge is 0.185 e. The normalized spacial score (nSPS) is 20.2. The minimum Gasteiger partial charge on any atom is -0.346 e. The molecule has 2 N–H and O–H groups in total. The first-order chi connectivity index (χ1) is 8.38. The molecule has 1 fully saturated rings. The first-order valence-corrected chi connectivity index (χ1v) is 7.47. The quantitative estimate of drug-likeness (QED) is 0.892. The highest BCUT2D eigenvalue weighted by molar-refractivity contribution is 7.13. The van der Waals surface area contributed by atoms with Crippen LogP contribution >= 0.6 is 11.3 Å².